The molecule has 0 fully saturated rings. The highest BCUT2D eigenvalue weighted by atomic mass is 19.1. The van der Waals surface area contributed by atoms with E-state index in [1.807, 2.05) is 0 Å². The van der Waals surface area contributed by atoms with E-state index in [1.54, 1.807) is 20.2 Å². The first kappa shape index (κ1) is 10.2. The van der Waals surface area contributed by atoms with E-state index in [-0.39, 0.29) is 11.1 Å². The summed E-state index contributed by atoms with van der Waals surface area (Å²) >= 11 is 0. The lowest BCUT2D eigenvalue weighted by Crippen LogP contribution is -2.22. The van der Waals surface area contributed by atoms with Gasteiger partial charge in [-0.05, 0) is 18.2 Å². The lowest BCUT2D eigenvalue weighted by Gasteiger charge is -2.10. The van der Waals surface area contributed by atoms with Gasteiger partial charge in [0.25, 0.3) is 5.91 Å². The van der Waals surface area contributed by atoms with Gasteiger partial charge in [-0.25, -0.2) is 4.39 Å². The summed E-state index contributed by atoms with van der Waals surface area (Å²) in [6.07, 6.45) is 0. The van der Waals surface area contributed by atoms with E-state index < -0.39 is 11.7 Å². The van der Waals surface area contributed by atoms with E-state index in [1.165, 1.54) is 17.0 Å². The highest BCUT2D eigenvalue weighted by Crippen LogP contribution is 2.11. The van der Waals surface area contributed by atoms with E-state index >= 15 is 0 Å². The molecule has 0 aliphatic carbocycles. The molecule has 1 amide bonds. The smallest absolute Gasteiger partial charge is 0.256 e. The molecule has 3 nitrogen and oxygen atoms in total. The van der Waals surface area contributed by atoms with Crippen LogP contribution in [0.25, 0.3) is 0 Å². The molecule has 0 aromatic heterocycles. The third-order valence-electron chi connectivity index (χ3n) is 1.73. The number of hydrogen-bond donors (Lipinski definition) is 0. The first-order valence-electron chi connectivity index (χ1n) is 3.97. The molecule has 4 heteroatoms. The molecular weight excluding hydrogens is 183 g/mol. The summed E-state index contributed by atoms with van der Waals surface area (Å²) in [7, 11) is 3.08. The minimum absolute atomic E-state index is 0.0194. The van der Waals surface area contributed by atoms with Crippen molar-refractivity contribution >= 4 is 5.91 Å². The fourth-order valence-corrected chi connectivity index (χ4v) is 0.999. The number of rotatable bonds is 1. The Balaban J connectivity index is 3.14. The summed E-state index contributed by atoms with van der Waals surface area (Å²) < 4.78 is 13.2. The zero-order chi connectivity index (χ0) is 10.7. The quantitative estimate of drug-likeness (QED) is 0.675. The van der Waals surface area contributed by atoms with Gasteiger partial charge in [0.1, 0.15) is 5.82 Å². The molecule has 1 aromatic rings. The summed E-state index contributed by atoms with van der Waals surface area (Å²) in [5, 5.41) is 8.49. The highest BCUT2D eigenvalue weighted by Gasteiger charge is 2.13. The summed E-state index contributed by atoms with van der Waals surface area (Å²) in [5.41, 5.74) is 0.187. The Kier molecular flexibility index (Phi) is 2.82. The van der Waals surface area contributed by atoms with Gasteiger partial charge in [0.05, 0.1) is 17.2 Å². The zero-order valence-corrected chi connectivity index (χ0v) is 7.91. The number of nitrogens with zero attached hydrogens (tertiary/aromatic N) is 2. The van der Waals surface area contributed by atoms with Crippen LogP contribution in [0.1, 0.15) is 15.9 Å². The molecule has 0 aliphatic rings. The van der Waals surface area contributed by atoms with Crippen molar-refractivity contribution in [2.75, 3.05) is 14.1 Å². The highest BCUT2D eigenvalue weighted by molar-refractivity contribution is 5.94. The Morgan fingerprint density at radius 1 is 1.50 bits per heavy atom. The van der Waals surface area contributed by atoms with E-state index in [4.69, 9.17) is 5.26 Å². The van der Waals surface area contributed by atoms with Gasteiger partial charge in [-0.15, -0.1) is 0 Å². The molecule has 0 unspecified atom stereocenters. The van der Waals surface area contributed by atoms with Crippen LogP contribution < -0.4 is 0 Å². The van der Waals surface area contributed by atoms with Crippen LogP contribution in [-0.2, 0) is 0 Å². The largest absolute Gasteiger partial charge is 0.345 e. The summed E-state index contributed by atoms with van der Waals surface area (Å²) in [6.45, 7) is 0. The number of benzene rings is 1. The monoisotopic (exact) mass is 192 g/mol. The summed E-state index contributed by atoms with van der Waals surface area (Å²) in [4.78, 5) is 12.7. The van der Waals surface area contributed by atoms with Crippen LogP contribution in [0, 0.1) is 17.1 Å². The van der Waals surface area contributed by atoms with Crippen molar-refractivity contribution in [3.05, 3.63) is 35.1 Å². The van der Waals surface area contributed by atoms with E-state index in [0.29, 0.717) is 0 Å². The molecule has 1 aromatic carbocycles. The molecule has 0 aliphatic heterocycles. The minimum atomic E-state index is -0.664. The van der Waals surface area contributed by atoms with Gasteiger partial charge >= 0.3 is 0 Å². The first-order valence-corrected chi connectivity index (χ1v) is 3.97. The maximum Gasteiger partial charge on any atom is 0.256 e. The van der Waals surface area contributed by atoms with Gasteiger partial charge in [-0.1, -0.05) is 0 Å². The first-order chi connectivity index (χ1) is 6.56. The second-order valence-electron chi connectivity index (χ2n) is 3.01. The number of halogens is 1. The van der Waals surface area contributed by atoms with Crippen LogP contribution in [0.2, 0.25) is 0 Å². The minimum Gasteiger partial charge on any atom is -0.345 e. The molecule has 1 rings (SSSR count). The van der Waals surface area contributed by atoms with Crippen LogP contribution in [0.4, 0.5) is 4.39 Å². The van der Waals surface area contributed by atoms with Crippen LogP contribution >= 0.6 is 0 Å². The van der Waals surface area contributed by atoms with Crippen molar-refractivity contribution in [2.24, 2.45) is 0 Å². The third-order valence-corrected chi connectivity index (χ3v) is 1.73. The van der Waals surface area contributed by atoms with Gasteiger partial charge in [0, 0.05) is 14.1 Å². The average Bonchev–Trinajstić information content (AvgIpc) is 2.16. The molecule has 0 bridgehead atoms. The topological polar surface area (TPSA) is 44.1 Å². The molecule has 14 heavy (non-hydrogen) atoms. The Morgan fingerprint density at radius 3 is 2.57 bits per heavy atom. The number of amides is 1. The third kappa shape index (κ3) is 1.88. The second-order valence-corrected chi connectivity index (χ2v) is 3.01. The second kappa shape index (κ2) is 3.88. The number of hydrogen-bond acceptors (Lipinski definition) is 2. The van der Waals surface area contributed by atoms with Crippen molar-refractivity contribution < 1.29 is 9.18 Å². The van der Waals surface area contributed by atoms with Crippen molar-refractivity contribution in [1.29, 1.82) is 5.26 Å². The standard InChI is InChI=1S/C10H9FN2O/c1-13(2)10(14)8-4-3-7(6-12)5-9(8)11/h3-5H,1-2H3. The number of carbonyl (C=O) groups excluding carboxylic acids is 1. The normalized spacial score (nSPS) is 9.29. The van der Waals surface area contributed by atoms with Gasteiger partial charge in [-0.2, -0.15) is 5.26 Å². The predicted octanol–water partition coefficient (Wildman–Crippen LogP) is 1.40. The molecule has 0 heterocycles. The van der Waals surface area contributed by atoms with E-state index in [2.05, 4.69) is 0 Å². The molecule has 0 saturated carbocycles. The summed E-state index contributed by atoms with van der Waals surface area (Å²) in [6, 6.07) is 5.58. The van der Waals surface area contributed by atoms with Crippen LogP contribution in [0.3, 0.4) is 0 Å². The predicted molar refractivity (Wildman–Crippen MR) is 49.1 cm³/mol. The summed E-state index contributed by atoms with van der Waals surface area (Å²) in [5.74, 6) is -1.07. The molecule has 0 radical (unpaired) electrons. The van der Waals surface area contributed by atoms with E-state index in [0.717, 1.165) is 6.07 Å². The fourth-order valence-electron chi connectivity index (χ4n) is 0.999. The van der Waals surface area contributed by atoms with Gasteiger partial charge in [0.2, 0.25) is 0 Å². The molecular formula is C10H9FN2O. The lowest BCUT2D eigenvalue weighted by molar-refractivity contribution is 0.0823. The number of nitriles is 1. The van der Waals surface area contributed by atoms with Gasteiger partial charge in [0.15, 0.2) is 0 Å². The Labute approximate surface area is 81.4 Å². The molecule has 72 valence electrons. The Hall–Kier alpha value is -1.89. The lowest BCUT2D eigenvalue weighted by atomic mass is 10.1. The van der Waals surface area contributed by atoms with Crippen LogP contribution in [0.15, 0.2) is 18.2 Å². The Morgan fingerprint density at radius 2 is 2.14 bits per heavy atom. The van der Waals surface area contributed by atoms with Gasteiger partial charge < -0.3 is 4.90 Å². The van der Waals surface area contributed by atoms with Gasteiger partial charge in [-0.3, -0.25) is 4.79 Å². The van der Waals surface area contributed by atoms with Crippen molar-refractivity contribution in [1.82, 2.24) is 4.90 Å². The van der Waals surface area contributed by atoms with Crippen LogP contribution in [-0.4, -0.2) is 24.9 Å². The van der Waals surface area contributed by atoms with Crippen molar-refractivity contribution in [3.8, 4) is 6.07 Å². The van der Waals surface area contributed by atoms with E-state index in [9.17, 15) is 9.18 Å². The SMILES string of the molecule is CN(C)C(=O)c1ccc(C#N)cc1F. The molecule has 0 saturated heterocycles. The maximum absolute atomic E-state index is 13.2. The molecule has 0 atom stereocenters. The fraction of sp³-hybridized carbons (Fsp3) is 0.200. The number of carbonyl (C=O) groups is 1. The van der Waals surface area contributed by atoms with Crippen molar-refractivity contribution in [2.45, 2.75) is 0 Å². The van der Waals surface area contributed by atoms with Crippen molar-refractivity contribution in [3.63, 3.8) is 0 Å². The average molecular weight is 192 g/mol. The maximum atomic E-state index is 13.2. The van der Waals surface area contributed by atoms with Crippen LogP contribution in [0.5, 0.6) is 0 Å². The molecule has 0 spiro atoms. The molecule has 0 N–H and O–H groups in total. The Bertz CT molecular complexity index is 407. The zero-order valence-electron chi connectivity index (χ0n) is 7.91.